The molecule has 22 heavy (non-hydrogen) atoms. The maximum Gasteiger partial charge on any atom is 0.322 e. The Morgan fingerprint density at radius 1 is 1.18 bits per heavy atom. The second-order valence-corrected chi connectivity index (χ2v) is 7.42. The first-order valence-corrected chi connectivity index (χ1v) is 8.73. The summed E-state index contributed by atoms with van der Waals surface area (Å²) in [6, 6.07) is 7.03. The Morgan fingerprint density at radius 3 is 2.55 bits per heavy atom. The maximum atomic E-state index is 12.6. The van der Waals surface area contributed by atoms with Gasteiger partial charge in [0.2, 0.25) is 10.0 Å². The van der Waals surface area contributed by atoms with Crippen molar-refractivity contribution >= 4 is 22.0 Å². The van der Waals surface area contributed by atoms with E-state index in [1.165, 1.54) is 4.31 Å². The minimum absolute atomic E-state index is 0.105. The van der Waals surface area contributed by atoms with Crippen molar-refractivity contribution in [3.05, 3.63) is 35.9 Å². The number of imide groups is 1. The molecule has 0 saturated carbocycles. The zero-order valence-corrected chi connectivity index (χ0v) is 12.7. The predicted molar refractivity (Wildman–Crippen MR) is 79.3 cm³/mol. The third kappa shape index (κ3) is 2.84. The average Bonchev–Trinajstić information content (AvgIpc) is 3.06. The van der Waals surface area contributed by atoms with Gasteiger partial charge < -0.3 is 5.32 Å². The van der Waals surface area contributed by atoms with Gasteiger partial charge in [0.1, 0.15) is 6.04 Å². The van der Waals surface area contributed by atoms with Gasteiger partial charge in [0, 0.05) is 6.54 Å². The molecule has 0 bridgehead atoms. The number of amides is 3. The molecule has 2 unspecified atom stereocenters. The highest BCUT2D eigenvalue weighted by molar-refractivity contribution is 7.88. The lowest BCUT2D eigenvalue weighted by atomic mass is 10.1. The number of sulfonamides is 1. The van der Waals surface area contributed by atoms with E-state index in [0.29, 0.717) is 24.9 Å². The van der Waals surface area contributed by atoms with Gasteiger partial charge in [0.25, 0.3) is 5.91 Å². The molecule has 0 aromatic heterocycles. The molecule has 8 heteroatoms. The van der Waals surface area contributed by atoms with E-state index in [-0.39, 0.29) is 5.75 Å². The summed E-state index contributed by atoms with van der Waals surface area (Å²) in [6.07, 6.45) is 1.24. The highest BCUT2D eigenvalue weighted by Crippen LogP contribution is 2.26. The van der Waals surface area contributed by atoms with Gasteiger partial charge in [0.05, 0.1) is 11.8 Å². The van der Waals surface area contributed by atoms with Crippen LogP contribution < -0.4 is 10.6 Å². The van der Waals surface area contributed by atoms with E-state index in [4.69, 9.17) is 0 Å². The predicted octanol–water partition coefficient (Wildman–Crippen LogP) is 0.189. The van der Waals surface area contributed by atoms with E-state index in [1.54, 1.807) is 24.3 Å². The van der Waals surface area contributed by atoms with Crippen LogP contribution in [-0.4, -0.2) is 43.3 Å². The van der Waals surface area contributed by atoms with Crippen molar-refractivity contribution in [3.63, 3.8) is 0 Å². The molecule has 2 aliphatic rings. The van der Waals surface area contributed by atoms with Crippen molar-refractivity contribution in [1.29, 1.82) is 0 Å². The second-order valence-electron chi connectivity index (χ2n) is 5.50. The second kappa shape index (κ2) is 5.69. The Hall–Kier alpha value is -1.93. The van der Waals surface area contributed by atoms with Crippen LogP contribution in [0.4, 0.5) is 4.79 Å². The molecule has 1 aromatic carbocycles. The highest BCUT2D eigenvalue weighted by atomic mass is 32.2. The van der Waals surface area contributed by atoms with Crippen molar-refractivity contribution in [2.75, 3.05) is 6.54 Å². The van der Waals surface area contributed by atoms with Crippen LogP contribution >= 0.6 is 0 Å². The number of carbonyl (C=O) groups is 2. The number of rotatable bonds is 4. The molecular weight excluding hydrogens is 306 g/mol. The first kappa shape index (κ1) is 15.0. The van der Waals surface area contributed by atoms with Crippen molar-refractivity contribution in [2.24, 2.45) is 0 Å². The molecule has 3 amide bonds. The Bertz CT molecular complexity index is 689. The summed E-state index contributed by atoms with van der Waals surface area (Å²) in [4.78, 5) is 23.0. The van der Waals surface area contributed by atoms with Gasteiger partial charge in [-0.15, -0.1) is 0 Å². The summed E-state index contributed by atoms with van der Waals surface area (Å²) in [6.45, 7) is 0.374. The zero-order valence-electron chi connectivity index (χ0n) is 11.9. The molecule has 0 radical (unpaired) electrons. The van der Waals surface area contributed by atoms with E-state index in [1.807, 2.05) is 6.07 Å². The van der Waals surface area contributed by atoms with Crippen LogP contribution in [0.15, 0.2) is 30.3 Å². The molecular formula is C14H17N3O4S. The molecule has 2 fully saturated rings. The summed E-state index contributed by atoms with van der Waals surface area (Å²) in [7, 11) is -3.54. The van der Waals surface area contributed by atoms with Crippen LogP contribution in [0.3, 0.4) is 0 Å². The highest BCUT2D eigenvalue weighted by Gasteiger charge is 2.45. The van der Waals surface area contributed by atoms with Crippen LogP contribution in [0.25, 0.3) is 0 Å². The summed E-state index contributed by atoms with van der Waals surface area (Å²) in [5, 5.41) is 4.66. The SMILES string of the molecule is O=C1NC(=O)C(C2CCCN2S(=O)(=O)Cc2ccccc2)N1. The number of hydrogen-bond donors (Lipinski definition) is 2. The topological polar surface area (TPSA) is 95.6 Å². The Labute approximate surface area is 128 Å². The van der Waals surface area contributed by atoms with E-state index in [2.05, 4.69) is 10.6 Å². The Kier molecular flexibility index (Phi) is 3.88. The van der Waals surface area contributed by atoms with E-state index < -0.39 is 34.0 Å². The molecule has 0 aliphatic carbocycles. The first-order valence-electron chi connectivity index (χ1n) is 7.12. The molecule has 0 spiro atoms. The molecule has 2 N–H and O–H groups in total. The molecule has 118 valence electrons. The summed E-state index contributed by atoms with van der Waals surface area (Å²) in [5.74, 6) is -0.566. The standard InChI is InChI=1S/C14H17N3O4S/c18-13-12(15-14(19)16-13)11-7-4-8-17(11)22(20,21)9-10-5-2-1-3-6-10/h1-3,5-6,11-12H,4,7-9H2,(H2,15,16,18,19). The lowest BCUT2D eigenvalue weighted by Crippen LogP contribution is -2.50. The van der Waals surface area contributed by atoms with Crippen molar-refractivity contribution in [2.45, 2.75) is 30.7 Å². The van der Waals surface area contributed by atoms with E-state index >= 15 is 0 Å². The van der Waals surface area contributed by atoms with Crippen LogP contribution in [0, 0.1) is 0 Å². The Balaban J connectivity index is 1.80. The molecule has 2 aliphatic heterocycles. The van der Waals surface area contributed by atoms with E-state index in [0.717, 1.165) is 0 Å². The third-order valence-corrected chi connectivity index (χ3v) is 5.85. The molecule has 2 saturated heterocycles. The fourth-order valence-corrected chi connectivity index (χ4v) is 4.84. The zero-order chi connectivity index (χ0) is 15.7. The number of benzene rings is 1. The van der Waals surface area contributed by atoms with Crippen LogP contribution in [0.5, 0.6) is 0 Å². The number of hydrogen-bond acceptors (Lipinski definition) is 4. The van der Waals surface area contributed by atoms with Gasteiger partial charge in [-0.2, -0.15) is 4.31 Å². The number of carbonyl (C=O) groups excluding carboxylic acids is 2. The lowest BCUT2D eigenvalue weighted by Gasteiger charge is -2.27. The number of urea groups is 1. The lowest BCUT2D eigenvalue weighted by molar-refractivity contribution is -0.121. The van der Waals surface area contributed by atoms with Crippen LogP contribution in [0.1, 0.15) is 18.4 Å². The van der Waals surface area contributed by atoms with Gasteiger partial charge in [-0.05, 0) is 18.4 Å². The minimum atomic E-state index is -3.54. The minimum Gasteiger partial charge on any atom is -0.324 e. The molecule has 3 rings (SSSR count). The summed E-state index contributed by atoms with van der Waals surface area (Å²) >= 11 is 0. The van der Waals surface area contributed by atoms with Gasteiger partial charge in [-0.1, -0.05) is 30.3 Å². The van der Waals surface area contributed by atoms with Gasteiger partial charge in [-0.25, -0.2) is 13.2 Å². The van der Waals surface area contributed by atoms with Crippen molar-refractivity contribution in [1.82, 2.24) is 14.9 Å². The van der Waals surface area contributed by atoms with Crippen LogP contribution in [0.2, 0.25) is 0 Å². The Morgan fingerprint density at radius 2 is 1.91 bits per heavy atom. The number of nitrogens with zero attached hydrogens (tertiary/aromatic N) is 1. The molecule has 2 heterocycles. The van der Waals surface area contributed by atoms with Gasteiger partial charge in [0.15, 0.2) is 0 Å². The van der Waals surface area contributed by atoms with Crippen molar-refractivity contribution in [3.8, 4) is 0 Å². The average molecular weight is 323 g/mol. The summed E-state index contributed by atoms with van der Waals surface area (Å²) in [5.41, 5.74) is 0.702. The fraction of sp³-hybridized carbons (Fsp3) is 0.429. The smallest absolute Gasteiger partial charge is 0.322 e. The fourth-order valence-electron chi connectivity index (χ4n) is 3.02. The van der Waals surface area contributed by atoms with E-state index in [9.17, 15) is 18.0 Å². The molecule has 2 atom stereocenters. The normalized spacial score (nSPS) is 26.0. The van der Waals surface area contributed by atoms with Crippen molar-refractivity contribution < 1.29 is 18.0 Å². The molecule has 1 aromatic rings. The third-order valence-electron chi connectivity index (χ3n) is 3.99. The largest absolute Gasteiger partial charge is 0.324 e. The maximum absolute atomic E-state index is 12.6. The first-order chi connectivity index (χ1) is 10.5. The van der Waals surface area contributed by atoms with Gasteiger partial charge >= 0.3 is 6.03 Å². The van der Waals surface area contributed by atoms with Gasteiger partial charge in [-0.3, -0.25) is 10.1 Å². The quantitative estimate of drug-likeness (QED) is 0.773. The monoisotopic (exact) mass is 323 g/mol. The number of nitrogens with one attached hydrogen (secondary N) is 2. The van der Waals surface area contributed by atoms with Crippen LogP contribution in [-0.2, 0) is 20.6 Å². The summed E-state index contributed by atoms with van der Waals surface area (Å²) < 4.78 is 26.6. The molecule has 7 nitrogen and oxygen atoms in total.